The van der Waals surface area contributed by atoms with Crippen LogP contribution in [0.4, 0.5) is 0 Å². The minimum atomic E-state index is 0. The average molecular weight is 293 g/mol. The van der Waals surface area contributed by atoms with Gasteiger partial charge in [0.15, 0.2) is 0 Å². The van der Waals surface area contributed by atoms with Crippen LogP contribution in [0, 0.1) is 6.92 Å². The van der Waals surface area contributed by atoms with Crippen molar-refractivity contribution in [3.05, 3.63) is 31.7 Å². The molecule has 9 heavy (non-hydrogen) atoms. The van der Waals surface area contributed by atoms with Crippen molar-refractivity contribution in [1.82, 2.24) is 0 Å². The smallest absolute Gasteiger partial charge is 0 e. The summed E-state index contributed by atoms with van der Waals surface area (Å²) in [5, 5.41) is 0. The number of unbranched alkanes of at least 4 members (excludes halogenated alkanes) is 2. The molecule has 0 radical (unpaired) electrons. The van der Waals surface area contributed by atoms with Crippen LogP contribution in [0.5, 0.6) is 0 Å². The van der Waals surface area contributed by atoms with E-state index in [1.807, 2.05) is 6.08 Å². The Bertz CT molecular complexity index is 74.6. The first-order valence-corrected chi connectivity index (χ1v) is 2.98. The standard InChI is InChI=1S/C8H13.W/c1-3-5-7-8-6-4-2;/h3,5,7H,1-2,4,6,8H2;/q-1;/b7-5-;. The Hall–Kier alpha value is 0.168. The Morgan fingerprint density at radius 1 is 1.44 bits per heavy atom. The topological polar surface area (TPSA) is 0 Å². The summed E-state index contributed by atoms with van der Waals surface area (Å²) in [4.78, 5) is 0. The Morgan fingerprint density at radius 2 is 2.11 bits per heavy atom. The maximum absolute atomic E-state index is 3.72. The monoisotopic (exact) mass is 293 g/mol. The van der Waals surface area contributed by atoms with E-state index in [-0.39, 0.29) is 21.1 Å². The third-order valence-corrected chi connectivity index (χ3v) is 0.893. The van der Waals surface area contributed by atoms with Crippen LogP contribution in [0.3, 0.4) is 0 Å². The van der Waals surface area contributed by atoms with E-state index in [0.717, 1.165) is 12.8 Å². The van der Waals surface area contributed by atoms with E-state index in [0.29, 0.717) is 0 Å². The van der Waals surface area contributed by atoms with Gasteiger partial charge in [-0.2, -0.15) is 6.42 Å². The van der Waals surface area contributed by atoms with E-state index in [4.69, 9.17) is 0 Å². The van der Waals surface area contributed by atoms with Gasteiger partial charge in [-0.05, 0) is 6.42 Å². The summed E-state index contributed by atoms with van der Waals surface area (Å²) in [7, 11) is 0. The molecule has 0 nitrogen and oxygen atoms in total. The van der Waals surface area contributed by atoms with Crippen molar-refractivity contribution in [2.75, 3.05) is 0 Å². The van der Waals surface area contributed by atoms with Crippen LogP contribution < -0.4 is 0 Å². The molecule has 0 bridgehead atoms. The van der Waals surface area contributed by atoms with Gasteiger partial charge in [-0.15, -0.1) is 0 Å². The molecule has 0 N–H and O–H groups in total. The van der Waals surface area contributed by atoms with Gasteiger partial charge in [0.05, 0.1) is 0 Å². The van der Waals surface area contributed by atoms with Gasteiger partial charge in [-0.3, -0.25) is 0 Å². The molecular weight excluding hydrogens is 280 g/mol. The first kappa shape index (κ1) is 11.9. The molecule has 0 heterocycles. The first-order valence-electron chi connectivity index (χ1n) is 2.98. The fourth-order valence-electron chi connectivity index (χ4n) is 0.455. The fraction of sp³-hybridized carbons (Fsp3) is 0.375. The molecule has 0 fully saturated rings. The second-order valence-corrected chi connectivity index (χ2v) is 1.66. The minimum Gasteiger partial charge on any atom is -0.343 e. The summed E-state index contributed by atoms with van der Waals surface area (Å²) >= 11 is 0. The van der Waals surface area contributed by atoms with E-state index in [9.17, 15) is 0 Å². The molecule has 0 aliphatic rings. The number of hydrogen-bond donors (Lipinski definition) is 0. The number of rotatable bonds is 4. The average Bonchev–Trinajstić information content (AvgIpc) is 1.81. The zero-order valence-electron chi connectivity index (χ0n) is 5.68. The molecule has 0 aromatic carbocycles. The first-order chi connectivity index (χ1) is 3.91. The Kier molecular flexibility index (Phi) is 14.6. The quantitative estimate of drug-likeness (QED) is 0.425. The third kappa shape index (κ3) is 11.6. The molecule has 0 amide bonds. The van der Waals surface area contributed by atoms with Gasteiger partial charge in [0.1, 0.15) is 0 Å². The second-order valence-electron chi connectivity index (χ2n) is 1.66. The van der Waals surface area contributed by atoms with E-state index < -0.39 is 0 Å². The number of hydrogen-bond acceptors (Lipinski definition) is 0. The van der Waals surface area contributed by atoms with Crippen molar-refractivity contribution in [2.24, 2.45) is 0 Å². The molecule has 0 saturated carbocycles. The SMILES string of the molecule is C=C/C=C\CCC[CH2-].[W]. The van der Waals surface area contributed by atoms with Gasteiger partial charge >= 0.3 is 0 Å². The van der Waals surface area contributed by atoms with E-state index in [2.05, 4.69) is 19.6 Å². The van der Waals surface area contributed by atoms with Crippen molar-refractivity contribution < 1.29 is 21.1 Å². The summed E-state index contributed by atoms with van der Waals surface area (Å²) in [5.41, 5.74) is 0. The van der Waals surface area contributed by atoms with Crippen LogP contribution in [-0.2, 0) is 21.1 Å². The van der Waals surface area contributed by atoms with Gasteiger partial charge in [-0.25, -0.2) is 0 Å². The predicted molar refractivity (Wildman–Crippen MR) is 38.5 cm³/mol. The summed E-state index contributed by atoms with van der Waals surface area (Å²) in [5.74, 6) is 0. The van der Waals surface area contributed by atoms with E-state index in [1.165, 1.54) is 6.42 Å². The van der Waals surface area contributed by atoms with Crippen LogP contribution >= 0.6 is 0 Å². The van der Waals surface area contributed by atoms with Crippen LogP contribution in [-0.4, -0.2) is 0 Å². The van der Waals surface area contributed by atoms with Gasteiger partial charge in [0.25, 0.3) is 0 Å². The Morgan fingerprint density at radius 3 is 2.56 bits per heavy atom. The normalized spacial score (nSPS) is 9.00. The van der Waals surface area contributed by atoms with Gasteiger partial charge in [-0.1, -0.05) is 31.2 Å². The van der Waals surface area contributed by atoms with Crippen molar-refractivity contribution >= 4 is 0 Å². The molecule has 0 aromatic heterocycles. The third-order valence-electron chi connectivity index (χ3n) is 0.893. The van der Waals surface area contributed by atoms with Gasteiger partial charge in [0.2, 0.25) is 0 Å². The van der Waals surface area contributed by atoms with Crippen LogP contribution in [0.25, 0.3) is 0 Å². The van der Waals surface area contributed by atoms with Crippen LogP contribution in [0.1, 0.15) is 19.3 Å². The summed E-state index contributed by atoms with van der Waals surface area (Å²) < 4.78 is 0. The van der Waals surface area contributed by atoms with Crippen molar-refractivity contribution in [3.8, 4) is 0 Å². The summed E-state index contributed by atoms with van der Waals surface area (Å²) in [6.07, 6.45) is 9.22. The molecule has 0 atom stereocenters. The van der Waals surface area contributed by atoms with Gasteiger partial charge in [0, 0.05) is 21.1 Å². The molecule has 0 rings (SSSR count). The Labute approximate surface area is 72.3 Å². The molecule has 0 spiro atoms. The molecule has 1 heteroatoms. The minimum absolute atomic E-state index is 0. The maximum Gasteiger partial charge on any atom is 0 e. The summed E-state index contributed by atoms with van der Waals surface area (Å²) in [6, 6.07) is 0. The molecule has 0 unspecified atom stereocenters. The molecule has 0 aromatic rings. The van der Waals surface area contributed by atoms with Crippen molar-refractivity contribution in [2.45, 2.75) is 19.3 Å². The Balaban J connectivity index is 0. The predicted octanol–water partition coefficient (Wildman–Crippen LogP) is 2.73. The van der Waals surface area contributed by atoms with Crippen LogP contribution in [0.15, 0.2) is 24.8 Å². The molecule has 0 aliphatic carbocycles. The second kappa shape index (κ2) is 11.0. The van der Waals surface area contributed by atoms with E-state index >= 15 is 0 Å². The summed E-state index contributed by atoms with van der Waals surface area (Å²) in [6.45, 7) is 7.28. The number of allylic oxidation sites excluding steroid dienone is 3. The van der Waals surface area contributed by atoms with Gasteiger partial charge < -0.3 is 6.92 Å². The zero-order chi connectivity index (χ0) is 6.24. The zero-order valence-corrected chi connectivity index (χ0v) is 8.61. The molecule has 0 saturated heterocycles. The van der Waals surface area contributed by atoms with Crippen molar-refractivity contribution in [3.63, 3.8) is 0 Å². The fourth-order valence-corrected chi connectivity index (χ4v) is 0.455. The molecular formula is C8H13W-. The van der Waals surface area contributed by atoms with Crippen molar-refractivity contribution in [1.29, 1.82) is 0 Å². The maximum atomic E-state index is 3.72. The van der Waals surface area contributed by atoms with E-state index in [1.54, 1.807) is 6.08 Å². The van der Waals surface area contributed by atoms with Crippen LogP contribution in [0.2, 0.25) is 0 Å². The largest absolute Gasteiger partial charge is 0.343 e. The molecule has 0 aliphatic heterocycles. The molecule has 52 valence electrons.